The Balaban J connectivity index is 2.22. The molecule has 0 atom stereocenters. The normalized spacial score (nSPS) is 14.5. The molecule has 0 saturated carbocycles. The van der Waals surface area contributed by atoms with Crippen LogP contribution in [-0.2, 0) is 24.8 Å². The Morgan fingerprint density at radius 2 is 2.05 bits per heavy atom. The number of esters is 1. The molecule has 0 aromatic carbocycles. The molecule has 1 aromatic rings. The lowest BCUT2D eigenvalue weighted by atomic mass is 10.1. The highest BCUT2D eigenvalue weighted by molar-refractivity contribution is 5.90. The van der Waals surface area contributed by atoms with E-state index in [1.807, 2.05) is 20.8 Å². The molecule has 122 valence electrons. The Morgan fingerprint density at radius 1 is 1.36 bits per heavy atom. The van der Waals surface area contributed by atoms with Gasteiger partial charge in [-0.25, -0.2) is 9.59 Å². The van der Waals surface area contributed by atoms with Crippen LogP contribution in [0.4, 0.5) is 4.79 Å². The van der Waals surface area contributed by atoms with Crippen molar-refractivity contribution < 1.29 is 14.3 Å². The summed E-state index contributed by atoms with van der Waals surface area (Å²) in [5.41, 5.74) is 1.79. The van der Waals surface area contributed by atoms with Gasteiger partial charge in [0.05, 0.1) is 18.8 Å². The van der Waals surface area contributed by atoms with Crippen LogP contribution >= 0.6 is 0 Å². The molecule has 0 bridgehead atoms. The highest BCUT2D eigenvalue weighted by Gasteiger charge is 2.30. The van der Waals surface area contributed by atoms with Crippen molar-refractivity contribution in [2.75, 3.05) is 13.2 Å². The van der Waals surface area contributed by atoms with E-state index in [-0.39, 0.29) is 11.6 Å². The lowest BCUT2D eigenvalue weighted by Crippen LogP contribution is -2.49. The summed E-state index contributed by atoms with van der Waals surface area (Å²) in [6.07, 6.45) is 0.639. The molecule has 7 heteroatoms. The van der Waals surface area contributed by atoms with Crippen LogP contribution in [0.2, 0.25) is 0 Å². The van der Waals surface area contributed by atoms with Crippen molar-refractivity contribution >= 4 is 12.0 Å². The van der Waals surface area contributed by atoms with Gasteiger partial charge in [0.1, 0.15) is 0 Å². The standard InChI is InChI=1S/C15H24N4O3/c1-6-22-13(20)12-10-9-19(14(21)16-15(2,3)4)8-7-11(10)17-18(12)5/h6-9H2,1-5H3,(H,16,21). The molecule has 0 unspecified atom stereocenters. The Hall–Kier alpha value is -2.05. The SMILES string of the molecule is CCOC(=O)c1c2c(nn1C)CCN(C(=O)NC(C)(C)C)C2. The van der Waals surface area contributed by atoms with Gasteiger partial charge in [-0.1, -0.05) is 0 Å². The first kappa shape index (κ1) is 16.3. The average molecular weight is 308 g/mol. The van der Waals surface area contributed by atoms with Gasteiger partial charge in [0, 0.05) is 31.1 Å². The van der Waals surface area contributed by atoms with Gasteiger partial charge in [0.15, 0.2) is 5.69 Å². The number of nitrogens with zero attached hydrogens (tertiary/aromatic N) is 3. The van der Waals surface area contributed by atoms with Gasteiger partial charge in [0.2, 0.25) is 0 Å². The first-order chi connectivity index (χ1) is 10.2. The van der Waals surface area contributed by atoms with Crippen molar-refractivity contribution in [1.29, 1.82) is 0 Å². The fraction of sp³-hybridized carbons (Fsp3) is 0.667. The molecule has 0 spiro atoms. The third-order valence-corrected chi connectivity index (χ3v) is 3.43. The Kier molecular flexibility index (Phi) is 4.44. The smallest absolute Gasteiger partial charge is 0.356 e. The summed E-state index contributed by atoms with van der Waals surface area (Å²) in [5.74, 6) is -0.392. The number of fused-ring (bicyclic) bond motifs is 1. The number of urea groups is 1. The first-order valence-electron chi connectivity index (χ1n) is 7.52. The predicted octanol–water partition coefficient (Wildman–Crippen LogP) is 1.46. The van der Waals surface area contributed by atoms with Crippen LogP contribution in [-0.4, -0.2) is 45.4 Å². The van der Waals surface area contributed by atoms with E-state index in [4.69, 9.17) is 4.74 Å². The van der Waals surface area contributed by atoms with Crippen LogP contribution < -0.4 is 5.32 Å². The topological polar surface area (TPSA) is 76.5 Å². The van der Waals surface area contributed by atoms with Crippen LogP contribution in [0.15, 0.2) is 0 Å². The van der Waals surface area contributed by atoms with Crippen LogP contribution in [0.25, 0.3) is 0 Å². The Labute approximate surface area is 130 Å². The maximum absolute atomic E-state index is 12.3. The number of rotatable bonds is 2. The predicted molar refractivity (Wildman–Crippen MR) is 81.6 cm³/mol. The van der Waals surface area contributed by atoms with Crippen molar-refractivity contribution in [3.8, 4) is 0 Å². The van der Waals surface area contributed by atoms with E-state index in [0.29, 0.717) is 31.8 Å². The lowest BCUT2D eigenvalue weighted by molar-refractivity contribution is 0.0510. The largest absolute Gasteiger partial charge is 0.461 e. The second-order valence-corrected chi connectivity index (χ2v) is 6.47. The number of aryl methyl sites for hydroxylation is 1. The number of carbonyl (C=O) groups is 2. The van der Waals surface area contributed by atoms with Crippen LogP contribution in [0.1, 0.15) is 49.4 Å². The van der Waals surface area contributed by atoms with Crippen LogP contribution in [0.5, 0.6) is 0 Å². The molecule has 1 N–H and O–H groups in total. The first-order valence-corrected chi connectivity index (χ1v) is 7.52. The zero-order valence-electron chi connectivity index (χ0n) is 13.9. The summed E-state index contributed by atoms with van der Waals surface area (Å²) in [7, 11) is 1.73. The van der Waals surface area contributed by atoms with E-state index in [0.717, 1.165) is 11.3 Å². The fourth-order valence-corrected chi connectivity index (χ4v) is 2.53. The molecule has 2 heterocycles. The Bertz CT molecular complexity index is 586. The van der Waals surface area contributed by atoms with Gasteiger partial charge in [-0.15, -0.1) is 0 Å². The van der Waals surface area contributed by atoms with Crippen molar-refractivity contribution in [2.24, 2.45) is 7.05 Å². The van der Waals surface area contributed by atoms with Gasteiger partial charge in [0.25, 0.3) is 0 Å². The van der Waals surface area contributed by atoms with Gasteiger partial charge in [-0.3, -0.25) is 4.68 Å². The highest BCUT2D eigenvalue weighted by atomic mass is 16.5. The molecule has 2 amide bonds. The molecule has 0 aliphatic carbocycles. The number of hydrogen-bond acceptors (Lipinski definition) is 4. The second kappa shape index (κ2) is 5.98. The quantitative estimate of drug-likeness (QED) is 0.839. The highest BCUT2D eigenvalue weighted by Crippen LogP contribution is 2.23. The minimum Gasteiger partial charge on any atom is -0.461 e. The van der Waals surface area contributed by atoms with E-state index in [1.54, 1.807) is 23.6 Å². The molecular formula is C15H24N4O3. The van der Waals surface area contributed by atoms with Gasteiger partial charge in [-0.2, -0.15) is 5.10 Å². The molecule has 1 aromatic heterocycles. The molecule has 22 heavy (non-hydrogen) atoms. The number of ether oxygens (including phenoxy) is 1. The molecule has 7 nitrogen and oxygen atoms in total. The number of amides is 2. The van der Waals surface area contributed by atoms with Crippen LogP contribution in [0, 0.1) is 0 Å². The summed E-state index contributed by atoms with van der Waals surface area (Å²) in [5, 5.41) is 7.32. The lowest BCUT2D eigenvalue weighted by Gasteiger charge is -2.30. The minimum atomic E-state index is -0.392. The second-order valence-electron chi connectivity index (χ2n) is 6.47. The van der Waals surface area contributed by atoms with E-state index >= 15 is 0 Å². The summed E-state index contributed by atoms with van der Waals surface area (Å²) in [6.45, 7) is 8.86. The van der Waals surface area contributed by atoms with Crippen molar-refractivity contribution in [3.05, 3.63) is 17.0 Å². The zero-order chi connectivity index (χ0) is 16.5. The summed E-state index contributed by atoms with van der Waals surface area (Å²) in [4.78, 5) is 26.1. The third-order valence-electron chi connectivity index (χ3n) is 3.43. The third kappa shape index (κ3) is 3.40. The van der Waals surface area contributed by atoms with E-state index in [9.17, 15) is 9.59 Å². The molecule has 0 fully saturated rings. The van der Waals surface area contributed by atoms with E-state index in [2.05, 4.69) is 10.4 Å². The number of carbonyl (C=O) groups excluding carboxylic acids is 2. The molecule has 2 rings (SSSR count). The summed E-state index contributed by atoms with van der Waals surface area (Å²) in [6, 6.07) is -0.128. The van der Waals surface area contributed by atoms with Crippen molar-refractivity contribution in [2.45, 2.75) is 46.2 Å². The number of hydrogen-bond donors (Lipinski definition) is 1. The maximum Gasteiger partial charge on any atom is 0.356 e. The summed E-state index contributed by atoms with van der Waals surface area (Å²) >= 11 is 0. The number of aromatic nitrogens is 2. The monoisotopic (exact) mass is 308 g/mol. The fourth-order valence-electron chi connectivity index (χ4n) is 2.53. The zero-order valence-corrected chi connectivity index (χ0v) is 13.9. The average Bonchev–Trinajstić information content (AvgIpc) is 2.71. The van der Waals surface area contributed by atoms with Gasteiger partial charge in [-0.05, 0) is 27.7 Å². The molecule has 0 saturated heterocycles. The molecule has 0 radical (unpaired) electrons. The van der Waals surface area contributed by atoms with Crippen molar-refractivity contribution in [1.82, 2.24) is 20.0 Å². The van der Waals surface area contributed by atoms with Crippen molar-refractivity contribution in [3.63, 3.8) is 0 Å². The van der Waals surface area contributed by atoms with Gasteiger partial charge < -0.3 is 15.0 Å². The van der Waals surface area contributed by atoms with E-state index in [1.165, 1.54) is 0 Å². The van der Waals surface area contributed by atoms with Crippen LogP contribution in [0.3, 0.4) is 0 Å². The summed E-state index contributed by atoms with van der Waals surface area (Å²) < 4.78 is 6.64. The molecule has 1 aliphatic heterocycles. The maximum atomic E-state index is 12.3. The number of nitrogens with one attached hydrogen (secondary N) is 1. The minimum absolute atomic E-state index is 0.128. The Morgan fingerprint density at radius 3 is 2.64 bits per heavy atom. The molecular weight excluding hydrogens is 284 g/mol. The van der Waals surface area contributed by atoms with Gasteiger partial charge >= 0.3 is 12.0 Å². The molecule has 1 aliphatic rings. The van der Waals surface area contributed by atoms with E-state index < -0.39 is 5.97 Å².